The van der Waals surface area contributed by atoms with Crippen LogP contribution in [-0.4, -0.2) is 17.3 Å². The average Bonchev–Trinajstić information content (AvgIpc) is 2.49. The highest BCUT2D eigenvalue weighted by molar-refractivity contribution is 6.21. The summed E-state index contributed by atoms with van der Waals surface area (Å²) in [6.07, 6.45) is 2.17. The van der Waals surface area contributed by atoms with Gasteiger partial charge in [-0.15, -0.1) is 0 Å². The Morgan fingerprint density at radius 1 is 1.77 bits per heavy atom. The van der Waals surface area contributed by atoms with E-state index in [0.29, 0.717) is 12.0 Å². The normalized spacial score (nSPS) is 9.54. The van der Waals surface area contributed by atoms with Crippen LogP contribution in [0.2, 0.25) is 0 Å². The lowest BCUT2D eigenvalue weighted by Gasteiger charge is -1.92. The number of oxime groups is 1. The fraction of sp³-hybridized carbons (Fsp3) is 0.143. The quantitative estimate of drug-likeness (QED) is 0.539. The molecule has 6 heteroatoms. The minimum absolute atomic E-state index is 0. The minimum atomic E-state index is -1.14. The van der Waals surface area contributed by atoms with Gasteiger partial charge in [0.25, 0.3) is 0 Å². The molecule has 0 atom stereocenters. The van der Waals surface area contributed by atoms with Crippen molar-refractivity contribution in [3.8, 4) is 0 Å². The Bertz CT molecular complexity index is 268. The molecule has 13 heavy (non-hydrogen) atoms. The summed E-state index contributed by atoms with van der Waals surface area (Å²) in [6.45, 7) is 0.136. The van der Waals surface area contributed by atoms with E-state index in [1.165, 1.54) is 6.26 Å². The largest absolute Gasteiger partial charge is 0.477 e. The first-order valence-electron chi connectivity index (χ1n) is 3.19. The molecule has 4 N–H and O–H groups in total. The van der Waals surface area contributed by atoms with Crippen LogP contribution in [0, 0.1) is 0 Å². The lowest BCUT2D eigenvalue weighted by Crippen LogP contribution is -1.95. The maximum Gasteiger partial charge on any atom is 0.350 e. The van der Waals surface area contributed by atoms with Crippen molar-refractivity contribution in [1.29, 1.82) is 0 Å². The molecule has 0 saturated carbocycles. The molecule has 0 amide bonds. The Balaban J connectivity index is 0.00000144. The summed E-state index contributed by atoms with van der Waals surface area (Å²) in [7, 11) is 0. The summed E-state index contributed by atoms with van der Waals surface area (Å²) >= 11 is 0. The van der Waals surface area contributed by atoms with Crippen LogP contribution >= 0.6 is 0 Å². The Morgan fingerprint density at radius 2 is 2.54 bits per heavy atom. The van der Waals surface area contributed by atoms with Gasteiger partial charge in [-0.05, 0) is 12.1 Å². The molecular weight excluding hydrogens is 176 g/mol. The molecule has 0 spiro atoms. The van der Waals surface area contributed by atoms with Crippen molar-refractivity contribution < 1.29 is 19.2 Å². The molecule has 1 aromatic rings. The summed E-state index contributed by atoms with van der Waals surface area (Å²) in [6, 6.07) is 3.41. The number of nitrogens with zero attached hydrogens (tertiary/aromatic N) is 1. The predicted molar refractivity (Wildman–Crippen MR) is 44.6 cm³/mol. The van der Waals surface area contributed by atoms with Crippen molar-refractivity contribution in [1.82, 2.24) is 6.15 Å². The molecule has 0 aliphatic carbocycles. The van der Waals surface area contributed by atoms with Gasteiger partial charge in [-0.25, -0.2) is 4.79 Å². The zero-order valence-electron chi connectivity index (χ0n) is 6.84. The fourth-order valence-electron chi connectivity index (χ4n) is 0.578. The molecule has 6 nitrogen and oxygen atoms in total. The molecule has 1 aromatic heterocycles. The number of rotatable bonds is 4. The number of hydrogen-bond donors (Lipinski definition) is 2. The zero-order chi connectivity index (χ0) is 8.81. The van der Waals surface area contributed by atoms with E-state index in [4.69, 9.17) is 9.52 Å². The van der Waals surface area contributed by atoms with Gasteiger partial charge in [-0.1, -0.05) is 5.16 Å². The van der Waals surface area contributed by atoms with Gasteiger partial charge >= 0.3 is 5.97 Å². The fourth-order valence-corrected chi connectivity index (χ4v) is 0.578. The van der Waals surface area contributed by atoms with E-state index in [2.05, 4.69) is 9.99 Å². The number of carboxylic acid groups (broad SMARTS) is 1. The van der Waals surface area contributed by atoms with Gasteiger partial charge in [-0.2, -0.15) is 0 Å². The van der Waals surface area contributed by atoms with Gasteiger partial charge in [-0.3, -0.25) is 0 Å². The molecule has 0 aliphatic rings. The average molecular weight is 186 g/mol. The van der Waals surface area contributed by atoms with Crippen LogP contribution in [0.15, 0.2) is 28.0 Å². The Labute approximate surface area is 74.4 Å². The highest BCUT2D eigenvalue weighted by atomic mass is 16.6. The van der Waals surface area contributed by atoms with Crippen molar-refractivity contribution in [3.63, 3.8) is 0 Å². The van der Waals surface area contributed by atoms with Crippen LogP contribution in [0.1, 0.15) is 5.76 Å². The number of furan rings is 1. The second-order valence-corrected chi connectivity index (χ2v) is 1.93. The van der Waals surface area contributed by atoms with Crippen LogP contribution < -0.4 is 6.15 Å². The first-order valence-corrected chi connectivity index (χ1v) is 3.19. The highest BCUT2D eigenvalue weighted by Gasteiger charge is 1.93. The van der Waals surface area contributed by atoms with E-state index < -0.39 is 5.97 Å². The standard InChI is InChI=1S/C7H7NO4.H3N/c9-7(10)4-8-12-5-6-2-1-3-11-6;/h1-4H,5H2,(H,9,10);1H3. The van der Waals surface area contributed by atoms with E-state index in [9.17, 15) is 4.79 Å². The number of carboxylic acids is 1. The number of hydrogen-bond acceptors (Lipinski definition) is 5. The maximum absolute atomic E-state index is 9.91. The van der Waals surface area contributed by atoms with Crippen molar-refractivity contribution >= 4 is 12.2 Å². The molecule has 0 aliphatic heterocycles. The number of carbonyl (C=O) groups is 1. The van der Waals surface area contributed by atoms with E-state index in [-0.39, 0.29) is 12.8 Å². The molecule has 1 heterocycles. The van der Waals surface area contributed by atoms with Crippen molar-refractivity contribution in [3.05, 3.63) is 24.2 Å². The second-order valence-electron chi connectivity index (χ2n) is 1.93. The summed E-state index contributed by atoms with van der Waals surface area (Å²) in [5.74, 6) is -0.549. The van der Waals surface area contributed by atoms with Gasteiger partial charge < -0.3 is 20.5 Å². The molecule has 1 rings (SSSR count). The zero-order valence-corrected chi connectivity index (χ0v) is 6.84. The molecule has 0 unspecified atom stereocenters. The van der Waals surface area contributed by atoms with E-state index >= 15 is 0 Å². The molecular formula is C7H10N2O4. The predicted octanol–water partition coefficient (Wildman–Crippen LogP) is 1.03. The van der Waals surface area contributed by atoms with Crippen LogP contribution in [0.5, 0.6) is 0 Å². The van der Waals surface area contributed by atoms with E-state index in [1.54, 1.807) is 12.1 Å². The summed E-state index contributed by atoms with van der Waals surface area (Å²) in [5.41, 5.74) is 0. The minimum Gasteiger partial charge on any atom is -0.477 e. The first-order chi connectivity index (χ1) is 5.79. The highest BCUT2D eigenvalue weighted by Crippen LogP contribution is 2.00. The van der Waals surface area contributed by atoms with E-state index in [0.717, 1.165) is 0 Å². The Morgan fingerprint density at radius 3 is 3.08 bits per heavy atom. The van der Waals surface area contributed by atoms with Gasteiger partial charge in [0.05, 0.1) is 6.26 Å². The van der Waals surface area contributed by atoms with Crippen LogP contribution in [0.3, 0.4) is 0 Å². The third-order valence-corrected chi connectivity index (χ3v) is 1.02. The van der Waals surface area contributed by atoms with Crippen molar-refractivity contribution in [2.45, 2.75) is 6.61 Å². The lowest BCUT2D eigenvalue weighted by atomic mass is 10.5. The lowest BCUT2D eigenvalue weighted by molar-refractivity contribution is -0.129. The molecule has 0 bridgehead atoms. The molecule has 0 radical (unpaired) electrons. The smallest absolute Gasteiger partial charge is 0.350 e. The Kier molecular flexibility index (Phi) is 4.97. The van der Waals surface area contributed by atoms with Crippen LogP contribution in [0.4, 0.5) is 0 Å². The Hall–Kier alpha value is -1.82. The van der Waals surface area contributed by atoms with Gasteiger partial charge in [0.2, 0.25) is 0 Å². The SMILES string of the molecule is N.O=C(O)C=NOCc1ccco1. The van der Waals surface area contributed by atoms with Gasteiger partial charge in [0, 0.05) is 0 Å². The molecule has 72 valence electrons. The number of aliphatic carboxylic acids is 1. The topological polar surface area (TPSA) is 107 Å². The van der Waals surface area contributed by atoms with Crippen molar-refractivity contribution in [2.75, 3.05) is 0 Å². The molecule has 0 aromatic carbocycles. The monoisotopic (exact) mass is 186 g/mol. The first kappa shape index (κ1) is 11.2. The van der Waals surface area contributed by atoms with Gasteiger partial charge in [0.1, 0.15) is 5.76 Å². The maximum atomic E-state index is 9.91. The molecule has 0 saturated heterocycles. The molecule has 0 fully saturated rings. The van der Waals surface area contributed by atoms with E-state index in [1.807, 2.05) is 0 Å². The van der Waals surface area contributed by atoms with Gasteiger partial charge in [0.15, 0.2) is 12.8 Å². The summed E-state index contributed by atoms with van der Waals surface area (Å²) in [5, 5.41) is 11.3. The second kappa shape index (κ2) is 5.78. The third-order valence-electron chi connectivity index (χ3n) is 1.02. The van der Waals surface area contributed by atoms with Crippen LogP contribution in [0.25, 0.3) is 0 Å². The van der Waals surface area contributed by atoms with Crippen LogP contribution in [-0.2, 0) is 16.2 Å². The summed E-state index contributed by atoms with van der Waals surface area (Å²) < 4.78 is 4.89. The third kappa shape index (κ3) is 4.59. The van der Waals surface area contributed by atoms with Crippen molar-refractivity contribution in [2.24, 2.45) is 5.16 Å². The summed E-state index contributed by atoms with van der Waals surface area (Å²) in [4.78, 5) is 14.5.